The molecule has 1 aliphatic carbocycles. The molecule has 0 spiro atoms. The van der Waals surface area contributed by atoms with Crippen LogP contribution in [0.2, 0.25) is 5.02 Å². The first kappa shape index (κ1) is 16.3. The molecule has 2 atom stereocenters. The van der Waals surface area contributed by atoms with Gasteiger partial charge in [0.15, 0.2) is 0 Å². The van der Waals surface area contributed by atoms with Crippen molar-refractivity contribution in [3.63, 3.8) is 0 Å². The molecule has 2 aromatic carbocycles. The Balaban J connectivity index is 1.41. The van der Waals surface area contributed by atoms with E-state index in [1.165, 1.54) is 11.1 Å². The van der Waals surface area contributed by atoms with Crippen LogP contribution in [0.25, 0.3) is 0 Å². The highest BCUT2D eigenvalue weighted by atomic mass is 35.5. The Kier molecular flexibility index (Phi) is 5.55. The Bertz CT molecular complexity index is 630. The van der Waals surface area contributed by atoms with Crippen molar-refractivity contribution in [2.75, 3.05) is 13.2 Å². The van der Waals surface area contributed by atoms with Crippen LogP contribution in [0.15, 0.2) is 48.5 Å². The van der Waals surface area contributed by atoms with E-state index in [4.69, 9.17) is 16.3 Å². The minimum Gasteiger partial charge on any atom is -0.491 e. The second-order valence-electron chi connectivity index (χ2n) is 6.04. The van der Waals surface area contributed by atoms with Crippen molar-refractivity contribution in [2.45, 2.75) is 31.4 Å². The number of aliphatic hydroxyl groups is 1. The summed E-state index contributed by atoms with van der Waals surface area (Å²) in [4.78, 5) is 0. The summed E-state index contributed by atoms with van der Waals surface area (Å²) >= 11 is 5.83. The molecule has 3 rings (SSSR count). The van der Waals surface area contributed by atoms with Crippen molar-refractivity contribution >= 4 is 11.6 Å². The van der Waals surface area contributed by atoms with E-state index >= 15 is 0 Å². The molecule has 4 heteroatoms. The molecule has 2 unspecified atom stereocenters. The Hall–Kier alpha value is -1.55. The standard InChI is InChI=1S/C19H22ClNO2/c20-16-6-9-19(10-7-16)23-13-18(22)12-21-17-8-5-14-3-1-2-4-15(14)11-17/h1-4,6-7,9-10,17-18,21-22H,5,8,11-13H2. The predicted molar refractivity (Wildman–Crippen MR) is 93.2 cm³/mol. The molecule has 2 N–H and O–H groups in total. The number of benzene rings is 2. The van der Waals surface area contributed by atoms with E-state index in [0.29, 0.717) is 17.6 Å². The zero-order valence-corrected chi connectivity index (χ0v) is 13.8. The van der Waals surface area contributed by atoms with Crippen LogP contribution < -0.4 is 10.1 Å². The predicted octanol–water partition coefficient (Wildman–Crippen LogP) is 3.23. The zero-order chi connectivity index (χ0) is 16.1. The van der Waals surface area contributed by atoms with E-state index in [1.807, 2.05) is 0 Å². The van der Waals surface area contributed by atoms with E-state index in [2.05, 4.69) is 29.6 Å². The minimum absolute atomic E-state index is 0.276. The molecule has 0 saturated heterocycles. The van der Waals surface area contributed by atoms with Gasteiger partial charge in [-0.15, -0.1) is 0 Å². The lowest BCUT2D eigenvalue weighted by atomic mass is 9.88. The van der Waals surface area contributed by atoms with Gasteiger partial charge in [0.05, 0.1) is 0 Å². The van der Waals surface area contributed by atoms with Gasteiger partial charge in [0.1, 0.15) is 18.5 Å². The number of fused-ring (bicyclic) bond motifs is 1. The molecule has 0 aliphatic heterocycles. The van der Waals surface area contributed by atoms with Crippen LogP contribution in [-0.2, 0) is 12.8 Å². The molecule has 0 aromatic heterocycles. The van der Waals surface area contributed by atoms with Gasteiger partial charge in [-0.2, -0.15) is 0 Å². The smallest absolute Gasteiger partial charge is 0.119 e. The molecule has 0 amide bonds. The highest BCUT2D eigenvalue weighted by molar-refractivity contribution is 6.30. The summed E-state index contributed by atoms with van der Waals surface area (Å²) < 4.78 is 5.57. The van der Waals surface area contributed by atoms with Gasteiger partial charge in [-0.1, -0.05) is 35.9 Å². The Morgan fingerprint density at radius 2 is 1.87 bits per heavy atom. The van der Waals surface area contributed by atoms with E-state index in [9.17, 15) is 5.11 Å². The average Bonchev–Trinajstić information content (AvgIpc) is 2.59. The third kappa shape index (κ3) is 4.71. The van der Waals surface area contributed by atoms with E-state index in [0.717, 1.165) is 25.0 Å². The zero-order valence-electron chi connectivity index (χ0n) is 13.0. The fourth-order valence-electron chi connectivity index (χ4n) is 2.96. The van der Waals surface area contributed by atoms with Crippen molar-refractivity contribution in [1.82, 2.24) is 5.32 Å². The molecule has 0 fully saturated rings. The van der Waals surface area contributed by atoms with Crippen LogP contribution in [0.1, 0.15) is 17.5 Å². The molecule has 23 heavy (non-hydrogen) atoms. The van der Waals surface area contributed by atoms with Crippen molar-refractivity contribution in [2.24, 2.45) is 0 Å². The maximum atomic E-state index is 10.1. The van der Waals surface area contributed by atoms with Crippen LogP contribution in [0.3, 0.4) is 0 Å². The molecule has 122 valence electrons. The summed E-state index contributed by atoms with van der Waals surface area (Å²) in [5.41, 5.74) is 2.88. The normalized spacial score (nSPS) is 18.3. The molecule has 1 aliphatic rings. The number of aryl methyl sites for hydroxylation is 1. The lowest BCUT2D eigenvalue weighted by molar-refractivity contribution is 0.103. The van der Waals surface area contributed by atoms with E-state index < -0.39 is 6.10 Å². The number of ether oxygens (including phenoxy) is 1. The first-order valence-electron chi connectivity index (χ1n) is 8.07. The number of hydrogen-bond acceptors (Lipinski definition) is 3. The first-order chi connectivity index (χ1) is 11.2. The van der Waals surface area contributed by atoms with Crippen LogP contribution in [0.4, 0.5) is 0 Å². The van der Waals surface area contributed by atoms with Crippen LogP contribution in [-0.4, -0.2) is 30.4 Å². The maximum absolute atomic E-state index is 10.1. The SMILES string of the molecule is OC(CNC1CCc2ccccc2C1)COc1ccc(Cl)cc1. The minimum atomic E-state index is -0.525. The fraction of sp³-hybridized carbons (Fsp3) is 0.368. The summed E-state index contributed by atoms with van der Waals surface area (Å²) in [6.45, 7) is 0.818. The second-order valence-corrected chi connectivity index (χ2v) is 6.47. The first-order valence-corrected chi connectivity index (χ1v) is 8.45. The Morgan fingerprint density at radius 1 is 1.13 bits per heavy atom. The van der Waals surface area contributed by atoms with Gasteiger partial charge in [0.25, 0.3) is 0 Å². The van der Waals surface area contributed by atoms with Gasteiger partial charge >= 0.3 is 0 Å². The lowest BCUT2D eigenvalue weighted by Gasteiger charge is -2.26. The van der Waals surface area contributed by atoms with Crippen molar-refractivity contribution in [3.8, 4) is 5.75 Å². The van der Waals surface area contributed by atoms with Crippen molar-refractivity contribution < 1.29 is 9.84 Å². The third-order valence-corrected chi connectivity index (χ3v) is 4.50. The number of nitrogens with one attached hydrogen (secondary N) is 1. The summed E-state index contributed by atoms with van der Waals surface area (Å²) in [7, 11) is 0. The van der Waals surface area contributed by atoms with Gasteiger partial charge in [-0.25, -0.2) is 0 Å². The van der Waals surface area contributed by atoms with Gasteiger partial charge in [-0.05, 0) is 54.7 Å². The van der Waals surface area contributed by atoms with Crippen LogP contribution >= 0.6 is 11.6 Å². The second kappa shape index (κ2) is 7.82. The molecular weight excluding hydrogens is 310 g/mol. The quantitative estimate of drug-likeness (QED) is 0.854. The largest absolute Gasteiger partial charge is 0.491 e. The Labute approximate surface area is 142 Å². The number of aliphatic hydroxyl groups excluding tert-OH is 1. The molecule has 3 nitrogen and oxygen atoms in total. The van der Waals surface area contributed by atoms with Crippen molar-refractivity contribution in [3.05, 3.63) is 64.7 Å². The number of halogens is 1. The molecule has 0 saturated carbocycles. The van der Waals surface area contributed by atoms with Gasteiger partial charge < -0.3 is 15.2 Å². The number of rotatable bonds is 6. The van der Waals surface area contributed by atoms with Gasteiger partial charge in [-0.3, -0.25) is 0 Å². The molecule has 0 radical (unpaired) electrons. The van der Waals surface area contributed by atoms with E-state index in [-0.39, 0.29) is 6.61 Å². The Morgan fingerprint density at radius 3 is 2.65 bits per heavy atom. The lowest BCUT2D eigenvalue weighted by Crippen LogP contribution is -2.40. The maximum Gasteiger partial charge on any atom is 0.119 e. The van der Waals surface area contributed by atoms with Crippen molar-refractivity contribution in [1.29, 1.82) is 0 Å². The van der Waals surface area contributed by atoms with Gasteiger partial charge in [0, 0.05) is 17.6 Å². The fourth-order valence-corrected chi connectivity index (χ4v) is 3.08. The monoisotopic (exact) mass is 331 g/mol. The molecular formula is C19H22ClNO2. The molecule has 2 aromatic rings. The topological polar surface area (TPSA) is 41.5 Å². The number of hydrogen-bond donors (Lipinski definition) is 2. The molecule has 0 heterocycles. The van der Waals surface area contributed by atoms with E-state index in [1.54, 1.807) is 24.3 Å². The summed E-state index contributed by atoms with van der Waals surface area (Å²) in [5.74, 6) is 0.722. The summed E-state index contributed by atoms with van der Waals surface area (Å²) in [6, 6.07) is 16.2. The van der Waals surface area contributed by atoms with Crippen LogP contribution in [0.5, 0.6) is 5.75 Å². The summed E-state index contributed by atoms with van der Waals surface area (Å²) in [5, 5.41) is 14.2. The average molecular weight is 332 g/mol. The van der Waals surface area contributed by atoms with Crippen LogP contribution in [0, 0.1) is 0 Å². The highest BCUT2D eigenvalue weighted by Gasteiger charge is 2.18. The molecule has 0 bridgehead atoms. The van der Waals surface area contributed by atoms with Gasteiger partial charge in [0.2, 0.25) is 0 Å². The summed E-state index contributed by atoms with van der Waals surface area (Å²) in [6.07, 6.45) is 2.72. The highest BCUT2D eigenvalue weighted by Crippen LogP contribution is 2.21. The third-order valence-electron chi connectivity index (χ3n) is 4.25.